The summed E-state index contributed by atoms with van der Waals surface area (Å²) in [7, 11) is 1.59. The van der Waals surface area contributed by atoms with Crippen molar-refractivity contribution >= 4 is 16.7 Å². The summed E-state index contributed by atoms with van der Waals surface area (Å²) in [6.45, 7) is -0.0128. The number of rotatable bonds is 4. The number of amides is 1. The van der Waals surface area contributed by atoms with Crippen LogP contribution in [0.25, 0.3) is 21.9 Å². The summed E-state index contributed by atoms with van der Waals surface area (Å²) in [4.78, 5) is 15.5. The maximum absolute atomic E-state index is 11.4. The molecule has 0 saturated heterocycles. The second-order valence-corrected chi connectivity index (χ2v) is 4.90. The number of hydrogen-bond acceptors (Lipinski definition) is 3. The standard InChI is InChI=1S/C18H16N2O2/c1-19-18(21)12-22-17-8-9-20-11-16(17)15-7-6-13-4-2-3-5-14(13)10-15/h2-11H,12H2,1H3,(H,19,21). The molecule has 1 N–H and O–H groups in total. The number of hydrogen-bond donors (Lipinski definition) is 1. The zero-order chi connectivity index (χ0) is 15.4. The molecule has 4 heteroatoms. The Hall–Kier alpha value is -2.88. The summed E-state index contributed by atoms with van der Waals surface area (Å²) in [5.74, 6) is 0.482. The summed E-state index contributed by atoms with van der Waals surface area (Å²) in [5, 5.41) is 4.88. The van der Waals surface area contributed by atoms with Crippen LogP contribution in [0.1, 0.15) is 0 Å². The quantitative estimate of drug-likeness (QED) is 0.804. The van der Waals surface area contributed by atoms with E-state index in [1.807, 2.05) is 18.2 Å². The van der Waals surface area contributed by atoms with Crippen molar-refractivity contribution < 1.29 is 9.53 Å². The van der Waals surface area contributed by atoms with E-state index in [0.29, 0.717) is 5.75 Å². The summed E-state index contributed by atoms with van der Waals surface area (Å²) in [5.41, 5.74) is 1.89. The number of benzene rings is 2. The van der Waals surface area contributed by atoms with Crippen molar-refractivity contribution in [2.75, 3.05) is 13.7 Å². The number of aromatic nitrogens is 1. The molecule has 1 heterocycles. The topological polar surface area (TPSA) is 51.2 Å². The zero-order valence-corrected chi connectivity index (χ0v) is 12.2. The van der Waals surface area contributed by atoms with Gasteiger partial charge in [0.25, 0.3) is 5.91 Å². The third-order valence-corrected chi connectivity index (χ3v) is 3.48. The molecule has 0 bridgehead atoms. The first-order valence-electron chi connectivity index (χ1n) is 7.04. The largest absolute Gasteiger partial charge is 0.483 e. The van der Waals surface area contributed by atoms with Crippen molar-refractivity contribution in [3.05, 3.63) is 60.9 Å². The molecule has 110 valence electrons. The summed E-state index contributed by atoms with van der Waals surface area (Å²) in [6, 6.07) is 16.1. The van der Waals surface area contributed by atoms with Gasteiger partial charge in [0.15, 0.2) is 6.61 Å². The molecule has 0 spiro atoms. The molecule has 1 aromatic heterocycles. The number of fused-ring (bicyclic) bond motifs is 1. The van der Waals surface area contributed by atoms with Gasteiger partial charge in [-0.1, -0.05) is 36.4 Å². The number of pyridine rings is 1. The lowest BCUT2D eigenvalue weighted by atomic mass is 10.0. The summed E-state index contributed by atoms with van der Waals surface area (Å²) >= 11 is 0. The Morgan fingerprint density at radius 1 is 1.14 bits per heavy atom. The molecule has 0 fully saturated rings. The summed E-state index contributed by atoms with van der Waals surface area (Å²) < 4.78 is 5.60. The van der Waals surface area contributed by atoms with Gasteiger partial charge in [-0.2, -0.15) is 0 Å². The first kappa shape index (κ1) is 14.1. The zero-order valence-electron chi connectivity index (χ0n) is 12.2. The van der Waals surface area contributed by atoms with E-state index in [-0.39, 0.29) is 12.5 Å². The van der Waals surface area contributed by atoms with Crippen LogP contribution in [0.5, 0.6) is 5.75 Å². The van der Waals surface area contributed by atoms with Crippen molar-refractivity contribution in [3.63, 3.8) is 0 Å². The van der Waals surface area contributed by atoms with Crippen LogP contribution in [0.4, 0.5) is 0 Å². The third-order valence-electron chi connectivity index (χ3n) is 3.48. The first-order valence-corrected chi connectivity index (χ1v) is 7.04. The molecule has 22 heavy (non-hydrogen) atoms. The molecule has 2 aromatic carbocycles. The van der Waals surface area contributed by atoms with Crippen molar-refractivity contribution in [2.45, 2.75) is 0 Å². The third kappa shape index (κ3) is 2.91. The van der Waals surface area contributed by atoms with Gasteiger partial charge in [-0.15, -0.1) is 0 Å². The lowest BCUT2D eigenvalue weighted by Gasteiger charge is -2.11. The molecule has 0 radical (unpaired) electrons. The van der Waals surface area contributed by atoms with E-state index in [0.717, 1.165) is 16.5 Å². The van der Waals surface area contributed by atoms with Gasteiger partial charge < -0.3 is 10.1 Å². The molecule has 0 atom stereocenters. The maximum atomic E-state index is 11.4. The van der Waals surface area contributed by atoms with E-state index < -0.39 is 0 Å². The lowest BCUT2D eigenvalue weighted by Crippen LogP contribution is -2.24. The van der Waals surface area contributed by atoms with Crippen LogP contribution in [-0.2, 0) is 4.79 Å². The average Bonchev–Trinajstić information content (AvgIpc) is 2.59. The lowest BCUT2D eigenvalue weighted by molar-refractivity contribution is -0.122. The molecule has 4 nitrogen and oxygen atoms in total. The van der Waals surface area contributed by atoms with Gasteiger partial charge in [-0.3, -0.25) is 9.78 Å². The highest BCUT2D eigenvalue weighted by Crippen LogP contribution is 2.31. The number of carbonyl (C=O) groups is 1. The SMILES string of the molecule is CNC(=O)COc1ccncc1-c1ccc2ccccc2c1. The number of likely N-dealkylation sites (N-methyl/N-ethyl adjacent to an activating group) is 1. The number of nitrogens with zero attached hydrogens (tertiary/aromatic N) is 1. The molecule has 0 aliphatic carbocycles. The molecular weight excluding hydrogens is 276 g/mol. The van der Waals surface area contributed by atoms with Crippen LogP contribution in [0, 0.1) is 0 Å². The van der Waals surface area contributed by atoms with Crippen LogP contribution in [-0.4, -0.2) is 24.5 Å². The Bertz CT molecular complexity index is 815. The van der Waals surface area contributed by atoms with E-state index >= 15 is 0 Å². The molecule has 0 unspecified atom stereocenters. The minimum Gasteiger partial charge on any atom is -0.483 e. The highest BCUT2D eigenvalue weighted by Gasteiger charge is 2.09. The molecular formula is C18H16N2O2. The first-order chi connectivity index (χ1) is 10.8. The van der Waals surface area contributed by atoms with Crippen LogP contribution in [0.3, 0.4) is 0 Å². The van der Waals surface area contributed by atoms with Crippen LogP contribution < -0.4 is 10.1 Å². The Kier molecular flexibility index (Phi) is 4.01. The molecule has 3 rings (SSSR count). The predicted molar refractivity (Wildman–Crippen MR) is 86.7 cm³/mol. The Morgan fingerprint density at radius 2 is 1.95 bits per heavy atom. The van der Waals surface area contributed by atoms with Crippen LogP contribution >= 0.6 is 0 Å². The number of ether oxygens (including phenoxy) is 1. The van der Waals surface area contributed by atoms with Gasteiger partial charge >= 0.3 is 0 Å². The molecule has 0 saturated carbocycles. The van der Waals surface area contributed by atoms with E-state index in [4.69, 9.17) is 4.74 Å². The van der Waals surface area contributed by atoms with E-state index in [1.54, 1.807) is 25.5 Å². The van der Waals surface area contributed by atoms with Crippen molar-refractivity contribution in [1.29, 1.82) is 0 Å². The highest BCUT2D eigenvalue weighted by atomic mass is 16.5. The molecule has 0 aliphatic heterocycles. The minimum atomic E-state index is -0.165. The summed E-state index contributed by atoms with van der Waals surface area (Å²) in [6.07, 6.45) is 3.41. The number of carbonyl (C=O) groups excluding carboxylic acids is 1. The minimum absolute atomic E-state index is 0.0128. The van der Waals surface area contributed by atoms with Crippen molar-refractivity contribution in [2.24, 2.45) is 0 Å². The molecule has 0 aliphatic rings. The maximum Gasteiger partial charge on any atom is 0.257 e. The van der Waals surface area contributed by atoms with Gasteiger partial charge in [0.2, 0.25) is 0 Å². The second-order valence-electron chi connectivity index (χ2n) is 4.90. The van der Waals surface area contributed by atoms with E-state index in [1.165, 1.54) is 5.39 Å². The normalized spacial score (nSPS) is 10.4. The van der Waals surface area contributed by atoms with Crippen LogP contribution in [0.2, 0.25) is 0 Å². The van der Waals surface area contributed by atoms with Gasteiger partial charge in [-0.05, 0) is 28.5 Å². The molecule has 1 amide bonds. The van der Waals surface area contributed by atoms with Gasteiger partial charge in [0.05, 0.1) is 0 Å². The van der Waals surface area contributed by atoms with E-state index in [2.05, 4.69) is 34.6 Å². The van der Waals surface area contributed by atoms with Crippen molar-refractivity contribution in [1.82, 2.24) is 10.3 Å². The fraction of sp³-hybridized carbons (Fsp3) is 0.111. The van der Waals surface area contributed by atoms with Gasteiger partial charge in [0.1, 0.15) is 5.75 Å². The Balaban J connectivity index is 1.97. The molecule has 3 aromatic rings. The Labute approximate surface area is 128 Å². The number of nitrogens with one attached hydrogen (secondary N) is 1. The highest BCUT2D eigenvalue weighted by molar-refractivity contribution is 5.88. The van der Waals surface area contributed by atoms with Crippen molar-refractivity contribution in [3.8, 4) is 16.9 Å². The average molecular weight is 292 g/mol. The smallest absolute Gasteiger partial charge is 0.257 e. The van der Waals surface area contributed by atoms with E-state index in [9.17, 15) is 4.79 Å². The predicted octanol–water partition coefficient (Wildman–Crippen LogP) is 3.03. The Morgan fingerprint density at radius 3 is 2.77 bits per heavy atom. The van der Waals surface area contributed by atoms with Gasteiger partial charge in [-0.25, -0.2) is 0 Å². The van der Waals surface area contributed by atoms with Gasteiger partial charge in [0, 0.05) is 25.0 Å². The second kappa shape index (κ2) is 6.26. The fourth-order valence-electron chi connectivity index (χ4n) is 2.30. The van der Waals surface area contributed by atoms with Crippen LogP contribution in [0.15, 0.2) is 60.9 Å². The fourth-order valence-corrected chi connectivity index (χ4v) is 2.30. The monoisotopic (exact) mass is 292 g/mol.